The quantitative estimate of drug-likeness (QED) is 0.117. The summed E-state index contributed by atoms with van der Waals surface area (Å²) in [6, 6.07) is 16.6. The van der Waals surface area contributed by atoms with E-state index in [4.69, 9.17) is 0 Å². The molecule has 0 radical (unpaired) electrons. The van der Waals surface area contributed by atoms with E-state index in [9.17, 15) is 25.2 Å². The Kier molecular flexibility index (Phi) is 10.1. The Morgan fingerprint density at radius 3 is 1.26 bits per heavy atom. The number of fused-ring (bicyclic) bond motifs is 5. The van der Waals surface area contributed by atoms with Crippen molar-refractivity contribution in [3.63, 3.8) is 0 Å². The minimum Gasteiger partial charge on any atom is -0.256 e. The van der Waals surface area contributed by atoms with Gasteiger partial charge in [0, 0.05) is 74.8 Å². The van der Waals surface area contributed by atoms with E-state index in [2.05, 4.69) is 46.4 Å². The van der Waals surface area contributed by atoms with Crippen molar-refractivity contribution in [2.45, 2.75) is 0 Å². The SMILES string of the molecule is F[PH+](F)F.F[PH+](F)F.[Pt].c1cnc2c(c1)ccc1ccc3cccnc3c12. The van der Waals surface area contributed by atoms with Gasteiger partial charge < -0.3 is 0 Å². The van der Waals surface area contributed by atoms with Crippen LogP contribution in [0.3, 0.4) is 0 Å². The number of aromatic nitrogens is 2. The molecule has 0 saturated carbocycles. The summed E-state index contributed by atoms with van der Waals surface area (Å²) in [6.45, 7) is 0. The van der Waals surface area contributed by atoms with Crippen LogP contribution >= 0.6 is 17.7 Å². The number of pyridine rings is 2. The van der Waals surface area contributed by atoms with Crippen LogP contribution in [0.15, 0.2) is 60.9 Å². The van der Waals surface area contributed by atoms with E-state index < -0.39 is 17.7 Å². The summed E-state index contributed by atoms with van der Waals surface area (Å²) in [6.07, 6.45) is 3.67. The van der Waals surface area contributed by atoms with Crippen molar-refractivity contribution < 1.29 is 46.2 Å². The van der Waals surface area contributed by atoms with Crippen molar-refractivity contribution in [1.82, 2.24) is 9.97 Å². The van der Waals surface area contributed by atoms with Gasteiger partial charge in [-0.3, -0.25) is 9.97 Å². The number of halogens is 6. The molecule has 0 amide bonds. The van der Waals surface area contributed by atoms with Crippen molar-refractivity contribution >= 4 is 50.3 Å². The third kappa shape index (κ3) is 6.95. The molecule has 0 unspecified atom stereocenters. The Labute approximate surface area is 167 Å². The summed E-state index contributed by atoms with van der Waals surface area (Å²) >= 11 is 0. The number of nitrogens with zero attached hydrogens (tertiary/aromatic N) is 2. The van der Waals surface area contributed by atoms with Gasteiger partial charge in [-0.2, -0.15) is 0 Å². The normalized spacial score (nSPS) is 10.2. The van der Waals surface area contributed by atoms with Crippen LogP contribution < -0.4 is 0 Å². The summed E-state index contributed by atoms with van der Waals surface area (Å²) in [5.41, 5.74) is 2.05. The molecule has 0 bridgehead atoms. The zero-order chi connectivity index (χ0) is 19.1. The number of rotatable bonds is 0. The van der Waals surface area contributed by atoms with Crippen molar-refractivity contribution in [1.29, 1.82) is 0 Å². The first kappa shape index (κ1) is 23.7. The van der Waals surface area contributed by atoms with Gasteiger partial charge >= 0.3 is 17.7 Å². The second-order valence-corrected chi connectivity index (χ2v) is 5.67. The molecule has 0 saturated heterocycles. The summed E-state index contributed by atoms with van der Waals surface area (Å²) < 4.78 is 58.6. The Morgan fingerprint density at radius 1 is 0.556 bits per heavy atom. The van der Waals surface area contributed by atoms with Gasteiger partial charge in [0.2, 0.25) is 0 Å². The molecule has 4 aromatic rings. The predicted octanol–water partition coefficient (Wildman–Crippen LogP) is 7.64. The van der Waals surface area contributed by atoms with E-state index >= 15 is 0 Å². The van der Waals surface area contributed by atoms with Gasteiger partial charge in [0.25, 0.3) is 0 Å². The third-order valence-electron chi connectivity index (χ3n) is 3.33. The molecule has 0 fully saturated rings. The number of benzene rings is 2. The standard InChI is InChI=1S/C16H10N2.2F3HP.Pt/c1-3-12-7-5-11-6-8-13-4-2-10-18-16(13)14(11)15(12)17-9-1;2*1-4(2)3;/h1-10H;2*4H;/q;2*+1;. The molecule has 2 aromatic heterocycles. The molecule has 0 atom stereocenters. The summed E-state index contributed by atoms with van der Waals surface area (Å²) in [4.78, 5) is 9.04. The van der Waals surface area contributed by atoms with Crippen LogP contribution in [0, 0.1) is 0 Å². The first-order valence-electron chi connectivity index (χ1n) is 7.08. The first-order valence-corrected chi connectivity index (χ1v) is 9.35. The molecule has 11 heteroatoms. The van der Waals surface area contributed by atoms with Gasteiger partial charge in [0.1, 0.15) is 0 Å². The van der Waals surface area contributed by atoms with E-state index in [0.717, 1.165) is 27.2 Å². The first-order chi connectivity index (χ1) is 12.4. The molecule has 2 heterocycles. The molecular formula is C16H12F6N2P2Pt+2. The van der Waals surface area contributed by atoms with Crippen molar-refractivity contribution in [2.24, 2.45) is 0 Å². The van der Waals surface area contributed by atoms with E-state index in [0.29, 0.717) is 0 Å². The third-order valence-corrected chi connectivity index (χ3v) is 3.33. The fourth-order valence-electron chi connectivity index (χ4n) is 2.49. The second-order valence-electron chi connectivity index (χ2n) is 4.81. The van der Waals surface area contributed by atoms with Crippen LogP contribution in [0.4, 0.5) is 25.2 Å². The molecule has 0 aliphatic heterocycles. The number of hydrogen-bond acceptors (Lipinski definition) is 2. The summed E-state index contributed by atoms with van der Waals surface area (Å²) in [7, 11) is -8.76. The zero-order valence-corrected chi connectivity index (χ0v) is 17.5. The molecule has 146 valence electrons. The number of hydrogen-bond donors (Lipinski definition) is 0. The van der Waals surface area contributed by atoms with Gasteiger partial charge in [-0.1, -0.05) is 36.4 Å². The monoisotopic (exact) mass is 603 g/mol. The maximum Gasteiger partial charge on any atom is 0.558 e. The van der Waals surface area contributed by atoms with Gasteiger partial charge in [-0.15, -0.1) is 0 Å². The largest absolute Gasteiger partial charge is 0.558 e. The zero-order valence-electron chi connectivity index (χ0n) is 13.3. The van der Waals surface area contributed by atoms with Crippen LogP contribution in [0.1, 0.15) is 0 Å². The van der Waals surface area contributed by atoms with E-state index in [-0.39, 0.29) is 21.1 Å². The topological polar surface area (TPSA) is 25.8 Å². The van der Waals surface area contributed by atoms with Gasteiger partial charge in [0.15, 0.2) is 0 Å². The Hall–Kier alpha value is -1.35. The van der Waals surface area contributed by atoms with Crippen molar-refractivity contribution in [2.75, 3.05) is 0 Å². The molecular weight excluding hydrogens is 591 g/mol. The van der Waals surface area contributed by atoms with Gasteiger partial charge in [0.05, 0.1) is 11.0 Å². The van der Waals surface area contributed by atoms with Crippen LogP contribution in [0.5, 0.6) is 0 Å². The molecule has 0 aliphatic carbocycles. The average Bonchev–Trinajstić information content (AvgIpc) is 2.60. The van der Waals surface area contributed by atoms with Crippen LogP contribution in [0.25, 0.3) is 32.6 Å². The van der Waals surface area contributed by atoms with Crippen molar-refractivity contribution in [3.05, 3.63) is 60.9 Å². The maximum atomic E-state index is 9.77. The summed E-state index contributed by atoms with van der Waals surface area (Å²) in [5, 5.41) is 4.64. The molecule has 4 rings (SSSR count). The van der Waals surface area contributed by atoms with Gasteiger partial charge in [-0.25, -0.2) is 0 Å². The molecule has 0 spiro atoms. The molecule has 2 nitrogen and oxygen atoms in total. The van der Waals surface area contributed by atoms with E-state index in [1.165, 1.54) is 5.39 Å². The van der Waals surface area contributed by atoms with Crippen LogP contribution in [-0.2, 0) is 21.1 Å². The maximum absolute atomic E-state index is 9.77. The van der Waals surface area contributed by atoms with E-state index in [1.807, 2.05) is 24.5 Å². The minimum absolute atomic E-state index is 0. The molecule has 0 aliphatic rings. The second kappa shape index (κ2) is 11.5. The Bertz CT molecular complexity index is 924. The Morgan fingerprint density at radius 2 is 0.889 bits per heavy atom. The smallest absolute Gasteiger partial charge is 0.256 e. The van der Waals surface area contributed by atoms with E-state index in [1.54, 1.807) is 0 Å². The fraction of sp³-hybridized carbons (Fsp3) is 0. The Balaban J connectivity index is 0.000000350. The average molecular weight is 603 g/mol. The summed E-state index contributed by atoms with van der Waals surface area (Å²) in [5.74, 6) is 0. The van der Waals surface area contributed by atoms with Crippen LogP contribution in [-0.4, -0.2) is 9.97 Å². The fourth-order valence-corrected chi connectivity index (χ4v) is 2.49. The van der Waals surface area contributed by atoms with Crippen LogP contribution in [0.2, 0.25) is 0 Å². The van der Waals surface area contributed by atoms with Crippen molar-refractivity contribution in [3.8, 4) is 0 Å². The minimum atomic E-state index is -4.38. The molecule has 27 heavy (non-hydrogen) atoms. The molecule has 2 aromatic carbocycles. The predicted molar refractivity (Wildman–Crippen MR) is 97.8 cm³/mol. The van der Waals surface area contributed by atoms with Gasteiger partial charge in [-0.05, 0) is 17.5 Å². The molecule has 0 N–H and O–H groups in total.